The van der Waals surface area contributed by atoms with E-state index in [4.69, 9.17) is 9.15 Å². The molecule has 3 aromatic rings. The van der Waals surface area contributed by atoms with Gasteiger partial charge < -0.3 is 14.1 Å². The van der Waals surface area contributed by atoms with Crippen molar-refractivity contribution >= 4 is 5.91 Å². The molecule has 1 amide bonds. The van der Waals surface area contributed by atoms with Gasteiger partial charge >= 0.3 is 0 Å². The summed E-state index contributed by atoms with van der Waals surface area (Å²) in [5.74, 6) is -7.98. The second-order valence-electron chi connectivity index (χ2n) is 7.90. The van der Waals surface area contributed by atoms with Crippen LogP contribution in [-0.4, -0.2) is 41.9 Å². The van der Waals surface area contributed by atoms with Crippen molar-refractivity contribution in [1.29, 1.82) is 0 Å². The van der Waals surface area contributed by atoms with Gasteiger partial charge in [-0.2, -0.15) is 0 Å². The van der Waals surface area contributed by atoms with Crippen molar-refractivity contribution in [2.24, 2.45) is 0 Å². The highest BCUT2D eigenvalue weighted by Crippen LogP contribution is 2.22. The van der Waals surface area contributed by atoms with Gasteiger partial charge in [0.05, 0.1) is 6.54 Å². The summed E-state index contributed by atoms with van der Waals surface area (Å²) >= 11 is 0. The lowest BCUT2D eigenvalue weighted by Crippen LogP contribution is -2.48. The molecule has 0 radical (unpaired) electrons. The molecule has 184 valence electrons. The van der Waals surface area contributed by atoms with Gasteiger partial charge in [0, 0.05) is 38.3 Å². The molecule has 1 aliphatic rings. The van der Waals surface area contributed by atoms with Gasteiger partial charge in [0.25, 0.3) is 5.91 Å². The number of carbonyl (C=O) groups excluding carboxylic acids is 1. The van der Waals surface area contributed by atoms with Crippen molar-refractivity contribution in [3.8, 4) is 5.75 Å². The van der Waals surface area contributed by atoms with Gasteiger partial charge in [-0.1, -0.05) is 12.1 Å². The number of amides is 1. The number of ether oxygens (including phenoxy) is 1. The van der Waals surface area contributed by atoms with E-state index in [1.54, 1.807) is 0 Å². The second kappa shape index (κ2) is 10.3. The average Bonchev–Trinajstić information content (AvgIpc) is 2.84. The number of halogens is 5. The number of rotatable bonds is 6. The van der Waals surface area contributed by atoms with Crippen molar-refractivity contribution in [1.82, 2.24) is 9.80 Å². The number of carbonyl (C=O) groups is 1. The third-order valence-corrected chi connectivity index (χ3v) is 5.52. The Labute approximate surface area is 196 Å². The molecule has 0 aliphatic carbocycles. The molecule has 0 atom stereocenters. The Morgan fingerprint density at radius 2 is 1.54 bits per heavy atom. The summed E-state index contributed by atoms with van der Waals surface area (Å²) in [5, 5.41) is 0. The average molecular weight is 494 g/mol. The largest absolute Gasteiger partial charge is 0.482 e. The Kier molecular flexibility index (Phi) is 7.15. The summed E-state index contributed by atoms with van der Waals surface area (Å²) in [4.78, 5) is 27.7. The van der Waals surface area contributed by atoms with Crippen molar-refractivity contribution in [3.05, 3.63) is 98.9 Å². The predicted molar refractivity (Wildman–Crippen MR) is 113 cm³/mol. The summed E-state index contributed by atoms with van der Waals surface area (Å²) in [6.07, 6.45) is 1.17. The molecule has 0 spiro atoms. The van der Waals surface area contributed by atoms with Crippen molar-refractivity contribution in [2.45, 2.75) is 13.2 Å². The van der Waals surface area contributed by atoms with Crippen LogP contribution >= 0.6 is 0 Å². The zero-order valence-electron chi connectivity index (χ0n) is 18.2. The van der Waals surface area contributed by atoms with Crippen molar-refractivity contribution in [3.63, 3.8) is 0 Å². The highest BCUT2D eigenvalue weighted by Gasteiger charge is 2.30. The molecule has 0 saturated carbocycles. The molecule has 1 fully saturated rings. The van der Waals surface area contributed by atoms with Crippen molar-refractivity contribution < 1.29 is 35.9 Å². The van der Waals surface area contributed by atoms with Gasteiger partial charge in [0.1, 0.15) is 30.0 Å². The Bertz CT molecular complexity index is 1260. The Morgan fingerprint density at radius 3 is 2.14 bits per heavy atom. The Hall–Kier alpha value is -3.73. The SMILES string of the molecule is O=C(c1c(F)c(F)cc(F)c1F)N1CCN(Cc2cc(=O)c(OCc3ccc(F)cc3)co2)CC1. The van der Waals surface area contributed by atoms with Crippen LogP contribution < -0.4 is 10.2 Å². The van der Waals surface area contributed by atoms with Crippen LogP contribution in [0.15, 0.2) is 51.9 Å². The summed E-state index contributed by atoms with van der Waals surface area (Å²) in [6.45, 7) is 0.875. The van der Waals surface area contributed by atoms with E-state index in [1.165, 1.54) is 36.6 Å². The molecule has 0 unspecified atom stereocenters. The third kappa shape index (κ3) is 5.51. The van der Waals surface area contributed by atoms with E-state index < -0.39 is 40.2 Å². The van der Waals surface area contributed by atoms with Gasteiger partial charge in [-0.05, 0) is 17.7 Å². The first-order chi connectivity index (χ1) is 16.7. The fraction of sp³-hybridized carbons (Fsp3) is 0.250. The van der Waals surface area contributed by atoms with Gasteiger partial charge in [-0.15, -0.1) is 0 Å². The normalized spacial score (nSPS) is 14.3. The molecule has 1 aromatic heterocycles. The van der Waals surface area contributed by atoms with E-state index in [1.807, 2.05) is 4.90 Å². The van der Waals surface area contributed by atoms with Crippen LogP contribution in [0.2, 0.25) is 0 Å². The molecule has 2 aromatic carbocycles. The minimum Gasteiger partial charge on any atom is -0.482 e. The van der Waals surface area contributed by atoms with E-state index >= 15 is 0 Å². The lowest BCUT2D eigenvalue weighted by atomic mass is 10.1. The molecule has 4 rings (SSSR count). The second-order valence-corrected chi connectivity index (χ2v) is 7.90. The summed E-state index contributed by atoms with van der Waals surface area (Å²) in [5.41, 5.74) is -1.01. The Morgan fingerprint density at radius 1 is 0.914 bits per heavy atom. The van der Waals surface area contributed by atoms with Crippen LogP contribution in [0.4, 0.5) is 22.0 Å². The minimum absolute atomic E-state index is 0.0140. The number of hydrogen-bond donors (Lipinski definition) is 0. The van der Waals surface area contributed by atoms with Crippen LogP contribution in [0, 0.1) is 29.1 Å². The molecule has 6 nitrogen and oxygen atoms in total. The Balaban J connectivity index is 1.33. The topological polar surface area (TPSA) is 63.0 Å². The third-order valence-electron chi connectivity index (χ3n) is 5.52. The molecule has 0 N–H and O–H groups in total. The van der Waals surface area contributed by atoms with E-state index in [0.717, 1.165) is 4.90 Å². The van der Waals surface area contributed by atoms with E-state index in [0.29, 0.717) is 11.3 Å². The molecule has 1 saturated heterocycles. The standard InChI is InChI=1S/C24H19F5N2O4/c25-15-3-1-14(2-4-15)12-35-20-13-34-16(9-19(20)32)11-30-5-7-31(8-6-30)24(33)21-22(28)17(26)10-18(27)23(21)29/h1-4,9-10,13H,5-8,11-12H2. The molecule has 2 heterocycles. The molecule has 11 heteroatoms. The monoisotopic (exact) mass is 494 g/mol. The van der Waals surface area contributed by atoms with Crippen molar-refractivity contribution in [2.75, 3.05) is 26.2 Å². The van der Waals surface area contributed by atoms with E-state index in [-0.39, 0.29) is 57.0 Å². The fourth-order valence-corrected chi connectivity index (χ4v) is 3.62. The highest BCUT2D eigenvalue weighted by molar-refractivity contribution is 5.95. The predicted octanol–water partition coefficient (Wildman–Crippen LogP) is 3.87. The molecule has 1 aliphatic heterocycles. The van der Waals surface area contributed by atoms with Crippen LogP contribution in [-0.2, 0) is 13.2 Å². The number of nitrogens with zero attached hydrogens (tertiary/aromatic N) is 2. The lowest BCUT2D eigenvalue weighted by Gasteiger charge is -2.34. The van der Waals surface area contributed by atoms with Gasteiger partial charge in [-0.25, -0.2) is 22.0 Å². The smallest absolute Gasteiger partial charge is 0.260 e. The zero-order chi connectivity index (χ0) is 25.1. The number of benzene rings is 2. The van der Waals surface area contributed by atoms with Crippen LogP contribution in [0.5, 0.6) is 5.75 Å². The number of piperazine rings is 1. The van der Waals surface area contributed by atoms with E-state index in [9.17, 15) is 31.5 Å². The number of hydrogen-bond acceptors (Lipinski definition) is 5. The quantitative estimate of drug-likeness (QED) is 0.385. The lowest BCUT2D eigenvalue weighted by molar-refractivity contribution is 0.0607. The molecular formula is C24H19F5N2O4. The first-order valence-corrected chi connectivity index (χ1v) is 10.6. The zero-order valence-corrected chi connectivity index (χ0v) is 18.2. The van der Waals surface area contributed by atoms with Crippen LogP contribution in [0.3, 0.4) is 0 Å². The first kappa shape index (κ1) is 24.4. The molecular weight excluding hydrogens is 475 g/mol. The minimum atomic E-state index is -1.74. The maximum Gasteiger partial charge on any atom is 0.260 e. The maximum atomic E-state index is 13.9. The fourth-order valence-electron chi connectivity index (χ4n) is 3.62. The summed E-state index contributed by atoms with van der Waals surface area (Å²) in [6, 6.07) is 6.93. The first-order valence-electron chi connectivity index (χ1n) is 10.6. The van der Waals surface area contributed by atoms with Gasteiger partial charge in [0.15, 0.2) is 23.3 Å². The van der Waals surface area contributed by atoms with Crippen LogP contribution in [0.1, 0.15) is 21.7 Å². The van der Waals surface area contributed by atoms with Gasteiger partial charge in [0.2, 0.25) is 11.2 Å². The summed E-state index contributed by atoms with van der Waals surface area (Å²) < 4.78 is 78.6. The maximum absolute atomic E-state index is 13.9. The van der Waals surface area contributed by atoms with Crippen LogP contribution in [0.25, 0.3) is 0 Å². The highest BCUT2D eigenvalue weighted by atomic mass is 19.2. The van der Waals surface area contributed by atoms with Gasteiger partial charge in [-0.3, -0.25) is 14.5 Å². The molecule has 35 heavy (non-hydrogen) atoms. The van der Waals surface area contributed by atoms with E-state index in [2.05, 4.69) is 0 Å². The molecule has 0 bridgehead atoms. The summed E-state index contributed by atoms with van der Waals surface area (Å²) in [7, 11) is 0.